The summed E-state index contributed by atoms with van der Waals surface area (Å²) in [5.74, 6) is 0. The van der Waals surface area contributed by atoms with Gasteiger partial charge in [0, 0.05) is 0 Å². The van der Waals surface area contributed by atoms with Crippen LogP contribution in [0, 0.1) is 0 Å². The van der Waals surface area contributed by atoms with E-state index >= 15 is 0 Å². The van der Waals surface area contributed by atoms with Gasteiger partial charge in [-0.2, -0.15) is 0 Å². The zero-order chi connectivity index (χ0) is 19.4. The third-order valence-corrected chi connectivity index (χ3v) is 4.36. The Labute approximate surface area is 155 Å². The minimum atomic E-state index is -4.64. The molecule has 0 heterocycles. The Kier molecular flexibility index (Phi) is 22.3. The van der Waals surface area contributed by atoms with Gasteiger partial charge in [-0.3, -0.25) is 0 Å². The van der Waals surface area contributed by atoms with Gasteiger partial charge in [-0.15, -0.1) is 0 Å². The molecule has 6 heteroatoms. The van der Waals surface area contributed by atoms with Gasteiger partial charge in [0.15, 0.2) is 0 Å². The molecule has 0 radical (unpaired) electrons. The number of aliphatic hydroxyl groups excluding tert-OH is 1. The highest BCUT2D eigenvalue weighted by atomic mass is 31.2. The van der Waals surface area contributed by atoms with Crippen molar-refractivity contribution in [3.63, 3.8) is 0 Å². The lowest BCUT2D eigenvalue weighted by Gasteiger charge is -2.06. The van der Waals surface area contributed by atoms with E-state index in [1.54, 1.807) is 0 Å². The second-order valence-electron chi connectivity index (χ2n) is 6.96. The van der Waals surface area contributed by atoms with Crippen molar-refractivity contribution in [2.75, 3.05) is 0 Å². The van der Waals surface area contributed by atoms with Crippen LogP contribution in [0.3, 0.4) is 0 Å². The number of hydrogen-bond donors (Lipinski definition) is 4. The van der Waals surface area contributed by atoms with E-state index in [0.717, 1.165) is 12.8 Å². The largest absolute Gasteiger partial charge is 0.466 e. The lowest BCUT2D eigenvalue weighted by Crippen LogP contribution is -2.03. The number of unbranched alkanes of at least 4 members (excludes halogenated alkanes) is 13. The molecule has 0 aliphatic carbocycles. The Morgan fingerprint density at radius 2 is 0.920 bits per heavy atom. The molecule has 0 bridgehead atoms. The van der Waals surface area contributed by atoms with Crippen molar-refractivity contribution in [2.24, 2.45) is 0 Å². The molecular weight excluding hydrogens is 339 g/mol. The van der Waals surface area contributed by atoms with E-state index in [0.29, 0.717) is 0 Å². The Bertz CT molecular complexity index is 285. The molecule has 0 spiro atoms. The molecule has 0 aromatic carbocycles. The minimum absolute atomic E-state index is 0.0488. The Morgan fingerprint density at radius 3 is 1.20 bits per heavy atom. The summed E-state index contributed by atoms with van der Waals surface area (Å²) in [7, 11) is -4.64. The third-order valence-electron chi connectivity index (χ3n) is 4.36. The van der Waals surface area contributed by atoms with Crippen LogP contribution in [0.4, 0.5) is 0 Å². The second kappa shape index (κ2) is 20.4. The fraction of sp³-hybridized carbons (Fsp3) is 1.00. The molecule has 1 unspecified atom stereocenters. The first kappa shape index (κ1) is 27.3. The summed E-state index contributed by atoms with van der Waals surface area (Å²) in [6.45, 7) is 4.35. The average molecular weight is 383 g/mol. The van der Waals surface area contributed by atoms with Crippen molar-refractivity contribution in [1.29, 1.82) is 0 Å². The molecule has 0 aliphatic heterocycles. The van der Waals surface area contributed by atoms with Crippen LogP contribution in [0.15, 0.2) is 0 Å². The van der Waals surface area contributed by atoms with Gasteiger partial charge in [-0.25, -0.2) is 4.57 Å². The molecule has 25 heavy (non-hydrogen) atoms. The van der Waals surface area contributed by atoms with Gasteiger partial charge in [0.1, 0.15) is 0 Å². The predicted molar refractivity (Wildman–Crippen MR) is 105 cm³/mol. The van der Waals surface area contributed by atoms with E-state index in [9.17, 15) is 5.11 Å². The van der Waals surface area contributed by atoms with Gasteiger partial charge in [-0.05, 0) is 12.8 Å². The smallest absolute Gasteiger partial charge is 0.393 e. The molecule has 0 aromatic rings. The molecule has 0 aliphatic rings. The van der Waals surface area contributed by atoms with Crippen molar-refractivity contribution in [1.82, 2.24) is 0 Å². The van der Waals surface area contributed by atoms with E-state index < -0.39 is 7.82 Å². The third kappa shape index (κ3) is 35.9. The Hall–Kier alpha value is 0.0700. The van der Waals surface area contributed by atoms with E-state index in [2.05, 4.69) is 13.8 Å². The number of rotatable bonds is 16. The topological polar surface area (TPSA) is 98.0 Å². The van der Waals surface area contributed by atoms with Crippen molar-refractivity contribution in [3.8, 4) is 0 Å². The van der Waals surface area contributed by atoms with Crippen molar-refractivity contribution < 1.29 is 24.4 Å². The van der Waals surface area contributed by atoms with Crippen molar-refractivity contribution in [3.05, 3.63) is 0 Å². The van der Waals surface area contributed by atoms with Crippen LogP contribution in [0.5, 0.6) is 0 Å². The fourth-order valence-electron chi connectivity index (χ4n) is 2.78. The molecule has 1 atom stereocenters. The maximum absolute atomic E-state index is 9.45. The first-order valence-corrected chi connectivity index (χ1v) is 11.8. The van der Waals surface area contributed by atoms with E-state index in [-0.39, 0.29) is 6.10 Å². The molecule has 0 amide bonds. The van der Waals surface area contributed by atoms with Gasteiger partial charge in [0.2, 0.25) is 0 Å². The highest BCUT2D eigenvalue weighted by Gasteiger charge is 2.00. The maximum atomic E-state index is 9.45. The van der Waals surface area contributed by atoms with Crippen LogP contribution in [-0.4, -0.2) is 25.9 Å². The molecule has 0 saturated carbocycles. The monoisotopic (exact) mass is 382 g/mol. The number of aliphatic hydroxyl groups is 1. The maximum Gasteiger partial charge on any atom is 0.466 e. The molecule has 4 N–H and O–H groups in total. The van der Waals surface area contributed by atoms with Crippen LogP contribution >= 0.6 is 7.82 Å². The number of phosphoric acid groups is 1. The fourth-order valence-corrected chi connectivity index (χ4v) is 2.78. The SMILES string of the molecule is CCCCCCCCCCCCCCCCC(O)CC.O=P(O)(O)O. The van der Waals surface area contributed by atoms with Crippen molar-refractivity contribution >= 4 is 7.82 Å². The van der Waals surface area contributed by atoms with Crippen LogP contribution in [-0.2, 0) is 4.57 Å². The van der Waals surface area contributed by atoms with E-state index in [1.165, 1.54) is 89.9 Å². The summed E-state index contributed by atoms with van der Waals surface area (Å²) in [6.07, 6.45) is 21.5. The first-order valence-electron chi connectivity index (χ1n) is 10.3. The molecule has 0 fully saturated rings. The lowest BCUT2D eigenvalue weighted by molar-refractivity contribution is 0.156. The van der Waals surface area contributed by atoms with Crippen molar-refractivity contribution in [2.45, 2.75) is 123 Å². The highest BCUT2D eigenvalue weighted by Crippen LogP contribution is 2.25. The van der Waals surface area contributed by atoms with Crippen LogP contribution in [0.2, 0.25) is 0 Å². The predicted octanol–water partition coefficient (Wildman–Crippen LogP) is 5.70. The molecular formula is C19H43O5P. The zero-order valence-corrected chi connectivity index (χ0v) is 17.4. The summed E-state index contributed by atoms with van der Waals surface area (Å²) in [5.41, 5.74) is 0. The highest BCUT2D eigenvalue weighted by molar-refractivity contribution is 7.45. The van der Waals surface area contributed by atoms with Gasteiger partial charge in [0.05, 0.1) is 6.10 Å². The Morgan fingerprint density at radius 1 is 0.640 bits per heavy atom. The zero-order valence-electron chi connectivity index (χ0n) is 16.5. The van der Waals surface area contributed by atoms with Crippen LogP contribution < -0.4 is 0 Å². The molecule has 0 saturated heterocycles. The minimum Gasteiger partial charge on any atom is -0.393 e. The van der Waals surface area contributed by atoms with Crippen LogP contribution in [0.25, 0.3) is 0 Å². The van der Waals surface area contributed by atoms with Gasteiger partial charge in [0.25, 0.3) is 0 Å². The van der Waals surface area contributed by atoms with Gasteiger partial charge in [-0.1, -0.05) is 104 Å². The standard InChI is InChI=1S/C19H40O.H3O4P/c1-3-5-6-7-8-9-10-11-12-13-14-15-16-17-18-19(20)4-2;1-5(2,3)4/h19-20H,3-18H2,1-2H3;(H3,1,2,3,4). The molecule has 5 nitrogen and oxygen atoms in total. The second-order valence-corrected chi connectivity index (χ2v) is 7.99. The Balaban J connectivity index is 0. The number of hydrogen-bond acceptors (Lipinski definition) is 2. The summed E-state index contributed by atoms with van der Waals surface area (Å²) < 4.78 is 8.88. The van der Waals surface area contributed by atoms with E-state index in [1.807, 2.05) is 0 Å². The quantitative estimate of drug-likeness (QED) is 0.203. The van der Waals surface area contributed by atoms with Crippen LogP contribution in [0.1, 0.15) is 117 Å². The normalized spacial score (nSPS) is 12.6. The summed E-state index contributed by atoms with van der Waals surface area (Å²) in [4.78, 5) is 21.6. The van der Waals surface area contributed by atoms with E-state index in [4.69, 9.17) is 19.2 Å². The summed E-state index contributed by atoms with van der Waals surface area (Å²) in [6, 6.07) is 0. The summed E-state index contributed by atoms with van der Waals surface area (Å²) >= 11 is 0. The van der Waals surface area contributed by atoms with Gasteiger partial charge < -0.3 is 19.8 Å². The average Bonchev–Trinajstić information content (AvgIpc) is 2.53. The summed E-state index contributed by atoms with van der Waals surface area (Å²) in [5, 5.41) is 9.45. The van der Waals surface area contributed by atoms with Gasteiger partial charge >= 0.3 is 7.82 Å². The molecule has 0 rings (SSSR count). The lowest BCUT2D eigenvalue weighted by atomic mass is 10.0. The molecule has 154 valence electrons. The first-order chi connectivity index (χ1) is 11.8. The molecule has 0 aromatic heterocycles.